The Morgan fingerprint density at radius 1 is 1.06 bits per heavy atom. The van der Waals surface area contributed by atoms with Gasteiger partial charge in [-0.05, 0) is 48.9 Å². The molecule has 0 bridgehead atoms. The third kappa shape index (κ3) is 7.40. The molecule has 2 amide bonds. The second-order valence-electron chi connectivity index (χ2n) is 7.48. The summed E-state index contributed by atoms with van der Waals surface area (Å²) < 4.78 is 25.2. The summed E-state index contributed by atoms with van der Waals surface area (Å²) in [6, 6.07) is 20.1. The van der Waals surface area contributed by atoms with Crippen LogP contribution in [0.1, 0.15) is 40.4 Å². The van der Waals surface area contributed by atoms with E-state index in [1.807, 2.05) is 19.1 Å². The summed E-state index contributed by atoms with van der Waals surface area (Å²) in [6.45, 7) is 2.51. The van der Waals surface area contributed by atoms with Crippen molar-refractivity contribution in [1.82, 2.24) is 10.7 Å². The smallest absolute Gasteiger partial charge is 0.254 e. The average molecular weight is 489 g/mol. The summed E-state index contributed by atoms with van der Waals surface area (Å²) in [5.41, 5.74) is 4.27. The molecule has 184 valence electrons. The summed E-state index contributed by atoms with van der Waals surface area (Å²) in [4.78, 5) is 24.0. The minimum Gasteiger partial charge on any atom is -0.490 e. The van der Waals surface area contributed by atoms with Gasteiger partial charge in [-0.3, -0.25) is 9.59 Å². The first-order valence-corrected chi connectivity index (χ1v) is 11.2. The molecule has 0 spiro atoms. The van der Waals surface area contributed by atoms with Crippen LogP contribution in [0.3, 0.4) is 0 Å². The van der Waals surface area contributed by atoms with Gasteiger partial charge < -0.3 is 14.8 Å². The Morgan fingerprint density at radius 3 is 2.61 bits per heavy atom. The van der Waals surface area contributed by atoms with Crippen molar-refractivity contribution >= 4 is 18.0 Å². The van der Waals surface area contributed by atoms with Crippen molar-refractivity contribution in [3.8, 4) is 17.6 Å². The molecule has 0 heterocycles. The number of carbonyl (C=O) groups is 2. The van der Waals surface area contributed by atoms with Crippen LogP contribution in [0.4, 0.5) is 4.39 Å². The van der Waals surface area contributed by atoms with Crippen LogP contribution in [0.15, 0.2) is 71.8 Å². The van der Waals surface area contributed by atoms with Gasteiger partial charge in [-0.2, -0.15) is 10.4 Å². The molecule has 0 aliphatic heterocycles. The van der Waals surface area contributed by atoms with Crippen LogP contribution in [-0.2, 0) is 11.4 Å². The molecule has 3 aromatic carbocycles. The number of nitrogens with zero attached hydrogens (tertiary/aromatic N) is 2. The molecule has 3 rings (SSSR count). The number of nitrogens with one attached hydrogen (secondary N) is 2. The van der Waals surface area contributed by atoms with Gasteiger partial charge in [-0.1, -0.05) is 30.3 Å². The van der Waals surface area contributed by atoms with E-state index >= 15 is 0 Å². The molecule has 0 unspecified atom stereocenters. The largest absolute Gasteiger partial charge is 0.490 e. The fraction of sp³-hybridized carbons (Fsp3) is 0.185. The molecule has 8 nitrogen and oxygen atoms in total. The zero-order valence-corrected chi connectivity index (χ0v) is 19.7. The number of benzene rings is 3. The van der Waals surface area contributed by atoms with Crippen LogP contribution < -0.4 is 20.2 Å². The van der Waals surface area contributed by atoms with Crippen LogP contribution in [-0.4, -0.2) is 31.2 Å². The number of hydrogen-bond donors (Lipinski definition) is 2. The predicted molar refractivity (Wildman–Crippen MR) is 132 cm³/mol. The van der Waals surface area contributed by atoms with Crippen LogP contribution >= 0.6 is 0 Å². The first-order valence-electron chi connectivity index (χ1n) is 11.2. The number of amides is 2. The summed E-state index contributed by atoms with van der Waals surface area (Å²) >= 11 is 0. The minimum atomic E-state index is -0.626. The van der Waals surface area contributed by atoms with Gasteiger partial charge in [0.25, 0.3) is 5.91 Å². The summed E-state index contributed by atoms with van der Waals surface area (Å²) in [6.07, 6.45) is 1.42. The number of nitriles is 1. The third-order valence-corrected chi connectivity index (χ3v) is 4.95. The van der Waals surface area contributed by atoms with Crippen molar-refractivity contribution in [2.75, 3.05) is 13.2 Å². The highest BCUT2D eigenvalue weighted by Gasteiger charge is 2.11. The molecule has 0 fully saturated rings. The van der Waals surface area contributed by atoms with Crippen molar-refractivity contribution in [2.45, 2.75) is 20.0 Å². The number of halogens is 1. The van der Waals surface area contributed by atoms with Crippen molar-refractivity contribution < 1.29 is 23.5 Å². The predicted octanol–water partition coefficient (Wildman–Crippen LogP) is 3.95. The normalized spacial score (nSPS) is 10.5. The minimum absolute atomic E-state index is 0.0291. The van der Waals surface area contributed by atoms with Crippen molar-refractivity contribution in [3.63, 3.8) is 0 Å². The maximum atomic E-state index is 13.6. The zero-order chi connectivity index (χ0) is 25.8. The molecule has 0 saturated heterocycles. The van der Waals surface area contributed by atoms with Crippen LogP contribution in [0.5, 0.6) is 11.5 Å². The zero-order valence-electron chi connectivity index (χ0n) is 19.7. The van der Waals surface area contributed by atoms with Gasteiger partial charge in [-0.15, -0.1) is 0 Å². The molecule has 2 N–H and O–H groups in total. The van der Waals surface area contributed by atoms with E-state index in [2.05, 4.69) is 21.9 Å². The lowest BCUT2D eigenvalue weighted by Crippen LogP contribution is -2.29. The highest BCUT2D eigenvalue weighted by Crippen LogP contribution is 2.29. The van der Waals surface area contributed by atoms with Crippen molar-refractivity contribution in [2.24, 2.45) is 5.10 Å². The number of hydrogen-bond acceptors (Lipinski definition) is 6. The van der Waals surface area contributed by atoms with Gasteiger partial charge >= 0.3 is 0 Å². The Kier molecular flexibility index (Phi) is 9.53. The molecule has 0 atom stereocenters. The number of rotatable bonds is 11. The third-order valence-electron chi connectivity index (χ3n) is 4.95. The van der Waals surface area contributed by atoms with Crippen LogP contribution in [0, 0.1) is 17.1 Å². The molecular formula is C27H25FN4O4. The maximum absolute atomic E-state index is 13.6. The van der Waals surface area contributed by atoms with Gasteiger partial charge in [0.2, 0.25) is 5.91 Å². The van der Waals surface area contributed by atoms with E-state index in [0.717, 1.165) is 5.56 Å². The maximum Gasteiger partial charge on any atom is 0.254 e. The molecule has 0 aliphatic carbocycles. The van der Waals surface area contributed by atoms with E-state index in [1.165, 1.54) is 24.4 Å². The Balaban J connectivity index is 1.51. The Bertz CT molecular complexity index is 1290. The lowest BCUT2D eigenvalue weighted by molar-refractivity contribution is -0.120. The van der Waals surface area contributed by atoms with E-state index in [0.29, 0.717) is 29.2 Å². The summed E-state index contributed by atoms with van der Waals surface area (Å²) in [5.74, 6) is -0.624. The summed E-state index contributed by atoms with van der Waals surface area (Å²) in [7, 11) is 0. The molecule has 0 aliphatic rings. The van der Waals surface area contributed by atoms with E-state index in [9.17, 15) is 19.2 Å². The standard InChI is InChI=1S/C27H25FN4O4/c1-2-35-25-15-19(11-12-24(25)36-18-21-8-4-3-7-20(21)16-29)17-31-32-26(33)13-14-30-27(34)22-9-5-6-10-23(22)28/h3-12,15,17H,2,13-14,18H2,1H3,(H,30,34)(H,32,33). The molecule has 9 heteroatoms. The fourth-order valence-corrected chi connectivity index (χ4v) is 3.17. The van der Waals surface area contributed by atoms with E-state index < -0.39 is 17.6 Å². The van der Waals surface area contributed by atoms with Crippen LogP contribution in [0.2, 0.25) is 0 Å². The summed E-state index contributed by atoms with van der Waals surface area (Å²) in [5, 5.41) is 15.7. The second-order valence-corrected chi connectivity index (χ2v) is 7.48. The molecule has 0 aromatic heterocycles. The highest BCUT2D eigenvalue weighted by atomic mass is 19.1. The molecule has 0 radical (unpaired) electrons. The number of ether oxygens (including phenoxy) is 2. The first-order chi connectivity index (χ1) is 17.5. The Hall–Kier alpha value is -4.71. The van der Waals surface area contributed by atoms with Crippen molar-refractivity contribution in [3.05, 3.63) is 94.8 Å². The fourth-order valence-electron chi connectivity index (χ4n) is 3.17. The van der Waals surface area contributed by atoms with E-state index in [4.69, 9.17) is 9.47 Å². The van der Waals surface area contributed by atoms with E-state index in [1.54, 1.807) is 36.4 Å². The van der Waals surface area contributed by atoms with Gasteiger partial charge in [0.05, 0.1) is 30.0 Å². The van der Waals surface area contributed by atoms with Gasteiger partial charge in [0.1, 0.15) is 12.4 Å². The van der Waals surface area contributed by atoms with Crippen molar-refractivity contribution in [1.29, 1.82) is 5.26 Å². The molecule has 0 saturated carbocycles. The van der Waals surface area contributed by atoms with E-state index in [-0.39, 0.29) is 25.1 Å². The Morgan fingerprint density at radius 2 is 1.83 bits per heavy atom. The van der Waals surface area contributed by atoms with Gasteiger partial charge in [0.15, 0.2) is 11.5 Å². The average Bonchev–Trinajstić information content (AvgIpc) is 2.88. The quantitative estimate of drug-likeness (QED) is 0.314. The number of hydrazone groups is 1. The SMILES string of the molecule is CCOc1cc(C=NNC(=O)CCNC(=O)c2ccccc2F)ccc1OCc1ccccc1C#N. The van der Waals surface area contributed by atoms with Gasteiger partial charge in [-0.25, -0.2) is 9.82 Å². The van der Waals surface area contributed by atoms with Crippen LogP contribution in [0.25, 0.3) is 0 Å². The lowest BCUT2D eigenvalue weighted by atomic mass is 10.1. The first kappa shape index (κ1) is 25.9. The Labute approximate surface area is 208 Å². The topological polar surface area (TPSA) is 113 Å². The molecule has 36 heavy (non-hydrogen) atoms. The number of carbonyl (C=O) groups excluding carboxylic acids is 2. The monoisotopic (exact) mass is 488 g/mol. The lowest BCUT2D eigenvalue weighted by Gasteiger charge is -2.13. The van der Waals surface area contributed by atoms with Gasteiger partial charge in [0, 0.05) is 18.5 Å². The molecular weight excluding hydrogens is 463 g/mol. The second kappa shape index (κ2) is 13.2. The molecule has 3 aromatic rings. The highest BCUT2D eigenvalue weighted by molar-refractivity contribution is 5.94.